The van der Waals surface area contributed by atoms with Crippen molar-refractivity contribution in [1.82, 2.24) is 14.9 Å². The van der Waals surface area contributed by atoms with Crippen molar-refractivity contribution in [3.63, 3.8) is 0 Å². The Morgan fingerprint density at radius 2 is 1.76 bits per heavy atom. The quantitative estimate of drug-likeness (QED) is 0.536. The highest BCUT2D eigenvalue weighted by Gasteiger charge is 2.18. The van der Waals surface area contributed by atoms with Gasteiger partial charge in [-0.15, -0.1) is 0 Å². The first-order valence-electron chi connectivity index (χ1n) is 9.44. The van der Waals surface area contributed by atoms with Crippen LogP contribution in [-0.2, 0) is 6.54 Å². The monoisotopic (exact) mass is 386 g/mol. The summed E-state index contributed by atoms with van der Waals surface area (Å²) in [7, 11) is 0. The number of aromatic nitrogens is 3. The molecule has 4 rings (SSSR count). The third-order valence-corrected chi connectivity index (χ3v) is 4.87. The first kappa shape index (κ1) is 18.7. The van der Waals surface area contributed by atoms with Crippen LogP contribution < -0.4 is 5.32 Å². The molecule has 2 aromatic carbocycles. The van der Waals surface area contributed by atoms with Crippen molar-refractivity contribution in [3.8, 4) is 11.3 Å². The van der Waals surface area contributed by atoms with Crippen LogP contribution in [0.1, 0.15) is 33.0 Å². The van der Waals surface area contributed by atoms with Crippen LogP contribution in [0.2, 0.25) is 0 Å². The van der Waals surface area contributed by atoms with Gasteiger partial charge < -0.3 is 9.84 Å². The van der Waals surface area contributed by atoms with Crippen molar-refractivity contribution in [2.24, 2.45) is 0 Å². The van der Waals surface area contributed by atoms with Crippen molar-refractivity contribution < 1.29 is 9.32 Å². The van der Waals surface area contributed by atoms with Crippen molar-refractivity contribution in [2.75, 3.05) is 5.32 Å². The highest BCUT2D eigenvalue weighted by molar-refractivity contribution is 6.03. The molecule has 0 unspecified atom stereocenters. The zero-order chi connectivity index (χ0) is 20.4. The summed E-state index contributed by atoms with van der Waals surface area (Å²) in [6.45, 7) is 6.49. The fourth-order valence-electron chi connectivity index (χ4n) is 3.20. The molecule has 0 atom stereocenters. The predicted molar refractivity (Wildman–Crippen MR) is 112 cm³/mol. The van der Waals surface area contributed by atoms with E-state index in [9.17, 15) is 4.79 Å². The molecule has 0 saturated carbocycles. The third-order valence-electron chi connectivity index (χ3n) is 4.87. The second kappa shape index (κ2) is 7.75. The number of carbonyl (C=O) groups is 1. The molecule has 0 saturated heterocycles. The smallest absolute Gasteiger partial charge is 0.277 e. The average Bonchev–Trinajstić information content (AvgIpc) is 3.31. The number of carbonyl (C=O) groups excluding carboxylic acids is 1. The summed E-state index contributed by atoms with van der Waals surface area (Å²) in [4.78, 5) is 12.7. The Bertz CT molecular complexity index is 1140. The molecule has 6 nitrogen and oxygen atoms in total. The topological polar surface area (TPSA) is 73.0 Å². The van der Waals surface area contributed by atoms with Gasteiger partial charge >= 0.3 is 0 Å². The number of hydrogen-bond donors (Lipinski definition) is 1. The van der Waals surface area contributed by atoms with E-state index in [-0.39, 0.29) is 11.6 Å². The number of amides is 1. The lowest BCUT2D eigenvalue weighted by atomic mass is 10.1. The van der Waals surface area contributed by atoms with Crippen molar-refractivity contribution in [1.29, 1.82) is 0 Å². The van der Waals surface area contributed by atoms with Crippen molar-refractivity contribution in [3.05, 3.63) is 88.9 Å². The molecular weight excluding hydrogens is 364 g/mol. The van der Waals surface area contributed by atoms with Gasteiger partial charge in [0, 0.05) is 11.6 Å². The van der Waals surface area contributed by atoms with Gasteiger partial charge in [0.2, 0.25) is 0 Å². The Labute approximate surface area is 169 Å². The Hall–Kier alpha value is -3.67. The molecule has 0 spiro atoms. The fourth-order valence-corrected chi connectivity index (χ4v) is 3.20. The van der Waals surface area contributed by atoms with Gasteiger partial charge in [0.05, 0.1) is 23.6 Å². The van der Waals surface area contributed by atoms with E-state index in [4.69, 9.17) is 4.52 Å². The van der Waals surface area contributed by atoms with Crippen LogP contribution in [0.3, 0.4) is 0 Å². The van der Waals surface area contributed by atoms with E-state index < -0.39 is 0 Å². The summed E-state index contributed by atoms with van der Waals surface area (Å²) in [6, 6.07) is 19.6. The van der Waals surface area contributed by atoms with Crippen LogP contribution in [0.25, 0.3) is 11.3 Å². The molecular formula is C23H22N4O2. The molecule has 0 bridgehead atoms. The molecule has 0 radical (unpaired) electrons. The lowest BCUT2D eigenvalue weighted by Gasteiger charge is -2.06. The summed E-state index contributed by atoms with van der Waals surface area (Å²) in [5, 5.41) is 11.4. The molecule has 1 amide bonds. The van der Waals surface area contributed by atoms with Crippen molar-refractivity contribution >= 4 is 11.6 Å². The van der Waals surface area contributed by atoms with Gasteiger partial charge in [0.1, 0.15) is 0 Å². The van der Waals surface area contributed by atoms with E-state index in [1.54, 1.807) is 6.07 Å². The van der Waals surface area contributed by atoms with E-state index in [0.717, 1.165) is 28.1 Å². The van der Waals surface area contributed by atoms with Crippen molar-refractivity contribution in [2.45, 2.75) is 27.3 Å². The number of benzene rings is 2. The second-order valence-corrected chi connectivity index (χ2v) is 7.09. The maximum Gasteiger partial charge on any atom is 0.277 e. The fraction of sp³-hybridized carbons (Fsp3) is 0.174. The number of nitrogens with zero attached hydrogens (tertiary/aromatic N) is 3. The molecule has 1 N–H and O–H groups in total. The number of anilines is 1. The molecule has 0 aliphatic carbocycles. The minimum atomic E-state index is -0.322. The SMILES string of the molecule is Cc1ccc(-c2cc(C(=O)Nc3c(C)nn(Cc4ccccc4)c3C)no2)cc1. The molecule has 0 aliphatic heterocycles. The summed E-state index contributed by atoms with van der Waals surface area (Å²) in [5.74, 6) is 0.237. The van der Waals surface area contributed by atoms with E-state index in [1.807, 2.05) is 67.9 Å². The Kier molecular flexibility index (Phi) is 4.99. The first-order chi connectivity index (χ1) is 14.0. The second-order valence-electron chi connectivity index (χ2n) is 7.09. The normalized spacial score (nSPS) is 10.9. The highest BCUT2D eigenvalue weighted by Crippen LogP contribution is 2.24. The van der Waals surface area contributed by atoms with Gasteiger partial charge in [-0.2, -0.15) is 5.10 Å². The van der Waals surface area contributed by atoms with E-state index >= 15 is 0 Å². The Morgan fingerprint density at radius 3 is 2.48 bits per heavy atom. The summed E-state index contributed by atoms with van der Waals surface area (Å²) >= 11 is 0. The molecule has 2 aromatic heterocycles. The van der Waals surface area contributed by atoms with Crippen LogP contribution in [-0.4, -0.2) is 20.8 Å². The lowest BCUT2D eigenvalue weighted by Crippen LogP contribution is -2.13. The molecule has 6 heteroatoms. The lowest BCUT2D eigenvalue weighted by molar-refractivity contribution is 0.101. The van der Waals surface area contributed by atoms with Gasteiger partial charge in [-0.3, -0.25) is 9.48 Å². The number of nitrogens with one attached hydrogen (secondary N) is 1. The largest absolute Gasteiger partial charge is 0.355 e. The van der Waals surface area contributed by atoms with E-state index in [0.29, 0.717) is 18.0 Å². The molecule has 4 aromatic rings. The summed E-state index contributed by atoms with van der Waals surface area (Å²) in [6.07, 6.45) is 0. The average molecular weight is 386 g/mol. The van der Waals surface area contributed by atoms with E-state index in [1.165, 1.54) is 0 Å². The number of aryl methyl sites for hydroxylation is 2. The molecule has 0 fully saturated rings. The van der Waals surface area contributed by atoms with Crippen LogP contribution in [0, 0.1) is 20.8 Å². The minimum Gasteiger partial charge on any atom is -0.355 e. The van der Waals surface area contributed by atoms with Gasteiger partial charge in [-0.25, -0.2) is 0 Å². The van der Waals surface area contributed by atoms with Gasteiger partial charge in [-0.1, -0.05) is 65.3 Å². The van der Waals surface area contributed by atoms with Crippen LogP contribution >= 0.6 is 0 Å². The Balaban J connectivity index is 1.52. The van der Waals surface area contributed by atoms with Crippen LogP contribution in [0.15, 0.2) is 65.2 Å². The zero-order valence-corrected chi connectivity index (χ0v) is 16.6. The van der Waals surface area contributed by atoms with E-state index in [2.05, 4.69) is 27.7 Å². The third kappa shape index (κ3) is 3.96. The van der Waals surface area contributed by atoms with Crippen LogP contribution in [0.5, 0.6) is 0 Å². The first-order valence-corrected chi connectivity index (χ1v) is 9.44. The number of hydrogen-bond acceptors (Lipinski definition) is 4. The zero-order valence-electron chi connectivity index (χ0n) is 16.6. The highest BCUT2D eigenvalue weighted by atomic mass is 16.5. The van der Waals surface area contributed by atoms with Gasteiger partial charge in [0.15, 0.2) is 11.5 Å². The number of rotatable bonds is 5. The van der Waals surface area contributed by atoms with Gasteiger partial charge in [0.25, 0.3) is 5.91 Å². The van der Waals surface area contributed by atoms with Crippen LogP contribution in [0.4, 0.5) is 5.69 Å². The molecule has 2 heterocycles. The Morgan fingerprint density at radius 1 is 1.03 bits per heavy atom. The molecule has 0 aliphatic rings. The summed E-state index contributed by atoms with van der Waals surface area (Å²) in [5.41, 5.74) is 5.77. The standard InChI is InChI=1S/C23H22N4O2/c1-15-9-11-19(12-10-15)21-13-20(26-29-21)23(28)24-22-16(2)25-27(17(22)3)14-18-7-5-4-6-8-18/h4-13H,14H2,1-3H3,(H,24,28). The molecule has 29 heavy (non-hydrogen) atoms. The summed E-state index contributed by atoms with van der Waals surface area (Å²) < 4.78 is 7.25. The maximum atomic E-state index is 12.7. The van der Waals surface area contributed by atoms with Gasteiger partial charge in [-0.05, 0) is 26.3 Å². The molecule has 146 valence electrons. The predicted octanol–water partition coefficient (Wildman–Crippen LogP) is 4.76. The minimum absolute atomic E-state index is 0.232. The maximum absolute atomic E-state index is 12.7.